The Morgan fingerprint density at radius 3 is 2.58 bits per heavy atom. The zero-order valence-corrected chi connectivity index (χ0v) is 13.6. The third kappa shape index (κ3) is 3.23. The number of nitrogens with two attached hydrogens (primary N) is 1. The normalized spacial score (nSPS) is 10.4. The van der Waals surface area contributed by atoms with E-state index < -0.39 is 5.97 Å². The van der Waals surface area contributed by atoms with Crippen LogP contribution in [0.1, 0.15) is 9.67 Å². The van der Waals surface area contributed by atoms with Gasteiger partial charge in [0.05, 0.1) is 12.8 Å². The van der Waals surface area contributed by atoms with Crippen LogP contribution in [0.25, 0.3) is 10.4 Å². The summed E-state index contributed by atoms with van der Waals surface area (Å²) in [6.45, 7) is 0. The van der Waals surface area contributed by atoms with Gasteiger partial charge in [0.25, 0.3) is 0 Å². The minimum Gasteiger partial charge on any atom is -0.497 e. The molecule has 0 bridgehead atoms. The van der Waals surface area contributed by atoms with E-state index in [4.69, 9.17) is 15.2 Å². The summed E-state index contributed by atoms with van der Waals surface area (Å²) >= 11 is 1.09. The highest BCUT2D eigenvalue weighted by molar-refractivity contribution is 7.18. The van der Waals surface area contributed by atoms with Crippen LogP contribution in [0.4, 0.5) is 10.1 Å². The van der Waals surface area contributed by atoms with Crippen molar-refractivity contribution in [2.75, 3.05) is 12.8 Å². The number of carbonyl (C=O) groups excluding carboxylic acids is 1. The SMILES string of the molecule is COc1cccc(OC(=O)c2sc(-c3ccccc3F)cc2N)c1. The van der Waals surface area contributed by atoms with Gasteiger partial charge in [-0.15, -0.1) is 11.3 Å². The molecule has 4 nitrogen and oxygen atoms in total. The molecule has 0 aliphatic rings. The number of rotatable bonds is 4. The summed E-state index contributed by atoms with van der Waals surface area (Å²) in [4.78, 5) is 13.1. The van der Waals surface area contributed by atoms with Crippen molar-refractivity contribution in [1.82, 2.24) is 0 Å². The molecule has 0 spiro atoms. The summed E-state index contributed by atoms with van der Waals surface area (Å²) in [5.74, 6) is -0.0362. The highest BCUT2D eigenvalue weighted by Crippen LogP contribution is 2.35. The molecule has 0 amide bonds. The van der Waals surface area contributed by atoms with Crippen LogP contribution in [-0.2, 0) is 0 Å². The first-order valence-electron chi connectivity index (χ1n) is 7.09. The van der Waals surface area contributed by atoms with Crippen LogP contribution in [0.15, 0.2) is 54.6 Å². The van der Waals surface area contributed by atoms with Crippen molar-refractivity contribution >= 4 is 23.0 Å². The number of nitrogen functional groups attached to an aromatic ring is 1. The van der Waals surface area contributed by atoms with Crippen LogP contribution < -0.4 is 15.2 Å². The molecular formula is C18H14FNO3S. The van der Waals surface area contributed by atoms with Gasteiger partial charge < -0.3 is 15.2 Å². The number of carbonyl (C=O) groups is 1. The number of halogens is 1. The van der Waals surface area contributed by atoms with Gasteiger partial charge in [-0.2, -0.15) is 0 Å². The first kappa shape index (κ1) is 16.0. The molecule has 0 atom stereocenters. The van der Waals surface area contributed by atoms with Gasteiger partial charge in [0.2, 0.25) is 0 Å². The zero-order chi connectivity index (χ0) is 17.1. The second-order valence-corrected chi connectivity index (χ2v) is 6.00. The maximum absolute atomic E-state index is 13.9. The van der Waals surface area contributed by atoms with Crippen LogP contribution in [0.3, 0.4) is 0 Å². The number of ether oxygens (including phenoxy) is 2. The topological polar surface area (TPSA) is 61.5 Å². The fourth-order valence-corrected chi connectivity index (χ4v) is 3.16. The third-order valence-corrected chi connectivity index (χ3v) is 4.50. The molecule has 2 aromatic carbocycles. The number of anilines is 1. The highest BCUT2D eigenvalue weighted by Gasteiger charge is 2.19. The first-order valence-corrected chi connectivity index (χ1v) is 7.90. The molecule has 122 valence electrons. The molecule has 24 heavy (non-hydrogen) atoms. The van der Waals surface area contributed by atoms with E-state index in [1.54, 1.807) is 48.5 Å². The van der Waals surface area contributed by atoms with Gasteiger partial charge in [0.1, 0.15) is 22.2 Å². The summed E-state index contributed by atoms with van der Waals surface area (Å²) in [7, 11) is 1.53. The second kappa shape index (κ2) is 6.72. The Hall–Kier alpha value is -2.86. The Bertz CT molecular complexity index is 891. The van der Waals surface area contributed by atoms with Crippen LogP contribution >= 0.6 is 11.3 Å². The van der Waals surface area contributed by atoms with Crippen LogP contribution in [-0.4, -0.2) is 13.1 Å². The lowest BCUT2D eigenvalue weighted by atomic mass is 10.2. The fourth-order valence-electron chi connectivity index (χ4n) is 2.18. The molecule has 1 heterocycles. The summed E-state index contributed by atoms with van der Waals surface area (Å²) in [6, 6.07) is 14.6. The van der Waals surface area contributed by atoms with Crippen molar-refractivity contribution in [3.05, 3.63) is 65.3 Å². The van der Waals surface area contributed by atoms with Crippen molar-refractivity contribution < 1.29 is 18.7 Å². The molecule has 3 aromatic rings. The van der Waals surface area contributed by atoms with Gasteiger partial charge >= 0.3 is 5.97 Å². The lowest BCUT2D eigenvalue weighted by Crippen LogP contribution is -2.08. The molecule has 1 aromatic heterocycles. The number of hydrogen-bond acceptors (Lipinski definition) is 5. The summed E-state index contributed by atoms with van der Waals surface area (Å²) in [5.41, 5.74) is 6.56. The number of hydrogen-bond donors (Lipinski definition) is 1. The van der Waals surface area contributed by atoms with Crippen molar-refractivity contribution in [3.63, 3.8) is 0 Å². The molecule has 2 N–H and O–H groups in total. The Morgan fingerprint density at radius 1 is 1.08 bits per heavy atom. The van der Waals surface area contributed by atoms with Crippen molar-refractivity contribution in [2.45, 2.75) is 0 Å². The molecule has 3 rings (SSSR count). The molecule has 0 unspecified atom stereocenters. The number of benzene rings is 2. The predicted molar refractivity (Wildman–Crippen MR) is 92.1 cm³/mol. The number of thiophene rings is 1. The lowest BCUT2D eigenvalue weighted by molar-refractivity contribution is 0.0740. The average molecular weight is 343 g/mol. The van der Waals surface area contributed by atoms with Gasteiger partial charge in [-0.3, -0.25) is 0 Å². The van der Waals surface area contributed by atoms with Crippen LogP contribution in [0.2, 0.25) is 0 Å². The van der Waals surface area contributed by atoms with E-state index in [9.17, 15) is 9.18 Å². The zero-order valence-electron chi connectivity index (χ0n) is 12.8. The Balaban J connectivity index is 1.87. The van der Waals surface area contributed by atoms with Gasteiger partial charge in [0, 0.05) is 16.5 Å². The van der Waals surface area contributed by atoms with Crippen LogP contribution in [0.5, 0.6) is 11.5 Å². The van der Waals surface area contributed by atoms with Crippen LogP contribution in [0, 0.1) is 5.82 Å². The molecule has 0 saturated heterocycles. The van der Waals surface area contributed by atoms with E-state index in [0.717, 1.165) is 11.3 Å². The van der Waals surface area contributed by atoms with Crippen molar-refractivity contribution in [3.8, 4) is 21.9 Å². The minimum absolute atomic E-state index is 0.232. The smallest absolute Gasteiger partial charge is 0.355 e. The fraction of sp³-hybridized carbons (Fsp3) is 0.0556. The molecule has 0 radical (unpaired) electrons. The van der Waals surface area contributed by atoms with E-state index in [1.807, 2.05) is 0 Å². The van der Waals surface area contributed by atoms with Gasteiger partial charge in [0.15, 0.2) is 0 Å². The Morgan fingerprint density at radius 2 is 1.83 bits per heavy atom. The maximum atomic E-state index is 13.9. The highest BCUT2D eigenvalue weighted by atomic mass is 32.1. The average Bonchev–Trinajstić information content (AvgIpc) is 2.97. The standard InChI is InChI=1S/C18H14FNO3S/c1-22-11-5-4-6-12(9-11)23-18(21)17-15(20)10-16(24-17)13-7-2-3-8-14(13)19/h2-10H,20H2,1H3. The Labute approximate surface area is 142 Å². The second-order valence-electron chi connectivity index (χ2n) is 4.94. The largest absolute Gasteiger partial charge is 0.497 e. The molecular weight excluding hydrogens is 329 g/mol. The van der Waals surface area contributed by atoms with Crippen molar-refractivity contribution in [2.24, 2.45) is 0 Å². The quantitative estimate of drug-likeness (QED) is 0.565. The van der Waals surface area contributed by atoms with E-state index in [1.165, 1.54) is 13.2 Å². The molecule has 6 heteroatoms. The van der Waals surface area contributed by atoms with E-state index in [-0.39, 0.29) is 16.4 Å². The van der Waals surface area contributed by atoms with E-state index >= 15 is 0 Å². The van der Waals surface area contributed by atoms with Gasteiger partial charge in [-0.1, -0.05) is 24.3 Å². The maximum Gasteiger partial charge on any atom is 0.355 e. The summed E-state index contributed by atoms with van der Waals surface area (Å²) < 4.78 is 24.3. The molecule has 0 saturated carbocycles. The molecule has 0 fully saturated rings. The third-order valence-electron chi connectivity index (χ3n) is 3.34. The summed E-state index contributed by atoms with van der Waals surface area (Å²) in [5, 5.41) is 0. The van der Waals surface area contributed by atoms with Gasteiger partial charge in [-0.25, -0.2) is 9.18 Å². The minimum atomic E-state index is -0.589. The lowest BCUT2D eigenvalue weighted by Gasteiger charge is -2.05. The van der Waals surface area contributed by atoms with Gasteiger partial charge in [-0.05, 0) is 24.3 Å². The van der Waals surface area contributed by atoms with E-state index in [2.05, 4.69) is 0 Å². The Kier molecular flexibility index (Phi) is 4.48. The molecule has 0 aliphatic carbocycles. The molecule has 0 aliphatic heterocycles. The van der Waals surface area contributed by atoms with E-state index in [0.29, 0.717) is 21.9 Å². The number of methoxy groups -OCH3 is 1. The van der Waals surface area contributed by atoms with Crippen molar-refractivity contribution in [1.29, 1.82) is 0 Å². The summed E-state index contributed by atoms with van der Waals surface area (Å²) in [6.07, 6.45) is 0. The predicted octanol–water partition coefficient (Wildman–Crippen LogP) is 4.36. The number of esters is 1. The monoisotopic (exact) mass is 343 g/mol. The first-order chi connectivity index (χ1) is 11.6.